The van der Waals surface area contributed by atoms with Gasteiger partial charge in [0.1, 0.15) is 5.82 Å². The van der Waals surface area contributed by atoms with Crippen LogP contribution in [0.2, 0.25) is 0 Å². The van der Waals surface area contributed by atoms with Crippen molar-refractivity contribution in [2.75, 3.05) is 0 Å². The first-order valence-corrected chi connectivity index (χ1v) is 10.3. The van der Waals surface area contributed by atoms with Gasteiger partial charge in [-0.25, -0.2) is 4.39 Å². The summed E-state index contributed by atoms with van der Waals surface area (Å²) in [6.45, 7) is 2.13. The maximum absolute atomic E-state index is 15.1. The van der Waals surface area contributed by atoms with E-state index in [4.69, 9.17) is 0 Å². The number of alkyl halides is 3. The van der Waals surface area contributed by atoms with Crippen molar-refractivity contribution in [3.05, 3.63) is 107 Å². The first kappa shape index (κ1) is 21.1. The van der Waals surface area contributed by atoms with Crippen LogP contribution in [0.25, 0.3) is 21.9 Å². The summed E-state index contributed by atoms with van der Waals surface area (Å²) in [5, 5.41) is 1.25. The second kappa shape index (κ2) is 8.54. The molecule has 0 aromatic heterocycles. The molecule has 4 aromatic carbocycles. The summed E-state index contributed by atoms with van der Waals surface area (Å²) in [5.74, 6) is -0.418. The summed E-state index contributed by atoms with van der Waals surface area (Å²) in [4.78, 5) is 0. The predicted molar refractivity (Wildman–Crippen MR) is 118 cm³/mol. The lowest BCUT2D eigenvalue weighted by Gasteiger charge is -2.11. The number of fused-ring (bicyclic) bond motifs is 1. The summed E-state index contributed by atoms with van der Waals surface area (Å²) < 4.78 is 53.5. The van der Waals surface area contributed by atoms with E-state index in [0.29, 0.717) is 16.5 Å². The highest BCUT2D eigenvalue weighted by Crippen LogP contribution is 2.33. The molecule has 0 saturated carbocycles. The van der Waals surface area contributed by atoms with Crippen molar-refractivity contribution < 1.29 is 17.6 Å². The van der Waals surface area contributed by atoms with Gasteiger partial charge in [-0.15, -0.1) is 0 Å². The van der Waals surface area contributed by atoms with Crippen LogP contribution in [0.3, 0.4) is 0 Å². The summed E-state index contributed by atoms with van der Waals surface area (Å²) in [7, 11) is 0. The second-order valence-corrected chi connectivity index (χ2v) is 7.73. The molecular weight excluding hydrogens is 400 g/mol. The van der Waals surface area contributed by atoms with Gasteiger partial charge in [0.25, 0.3) is 0 Å². The minimum Gasteiger partial charge on any atom is -0.206 e. The highest BCUT2D eigenvalue weighted by Gasteiger charge is 2.30. The molecule has 0 aliphatic rings. The van der Waals surface area contributed by atoms with Gasteiger partial charge in [-0.2, -0.15) is 13.2 Å². The number of benzene rings is 4. The van der Waals surface area contributed by atoms with Crippen molar-refractivity contribution in [3.63, 3.8) is 0 Å². The highest BCUT2D eigenvalue weighted by molar-refractivity contribution is 5.88. The SMILES string of the molecule is CCc1ccc(CCc2ccc3c(F)c(-c4ccc(C(F)(F)F)cc4)ccc3c2)cc1. The van der Waals surface area contributed by atoms with Crippen LogP contribution in [0.4, 0.5) is 17.6 Å². The number of hydrogen-bond acceptors (Lipinski definition) is 0. The normalized spacial score (nSPS) is 11.8. The fourth-order valence-electron chi connectivity index (χ4n) is 3.79. The summed E-state index contributed by atoms with van der Waals surface area (Å²) in [6, 6.07) is 22.3. The zero-order valence-electron chi connectivity index (χ0n) is 17.1. The summed E-state index contributed by atoms with van der Waals surface area (Å²) in [5.41, 5.74) is 3.67. The van der Waals surface area contributed by atoms with Crippen molar-refractivity contribution in [1.82, 2.24) is 0 Å². The zero-order chi connectivity index (χ0) is 22.0. The quantitative estimate of drug-likeness (QED) is 0.286. The topological polar surface area (TPSA) is 0 Å². The lowest BCUT2D eigenvalue weighted by Crippen LogP contribution is -2.04. The van der Waals surface area contributed by atoms with Gasteiger partial charge in [-0.05, 0) is 59.0 Å². The Kier molecular flexibility index (Phi) is 5.81. The maximum atomic E-state index is 15.1. The molecule has 4 heteroatoms. The average molecular weight is 422 g/mol. The van der Waals surface area contributed by atoms with Gasteiger partial charge < -0.3 is 0 Å². The molecule has 0 unspecified atom stereocenters. The predicted octanol–water partition coefficient (Wildman–Crippen LogP) is 8.01. The number of rotatable bonds is 5. The fourth-order valence-corrected chi connectivity index (χ4v) is 3.79. The number of halogens is 4. The molecule has 158 valence electrons. The lowest BCUT2D eigenvalue weighted by atomic mass is 9.96. The lowest BCUT2D eigenvalue weighted by molar-refractivity contribution is -0.137. The Labute approximate surface area is 179 Å². The molecule has 0 heterocycles. The van der Waals surface area contributed by atoms with E-state index in [1.54, 1.807) is 12.1 Å². The van der Waals surface area contributed by atoms with Gasteiger partial charge in [0.15, 0.2) is 0 Å². The van der Waals surface area contributed by atoms with Crippen molar-refractivity contribution >= 4 is 10.8 Å². The van der Waals surface area contributed by atoms with Crippen LogP contribution < -0.4 is 0 Å². The van der Waals surface area contributed by atoms with Crippen LogP contribution in [0.5, 0.6) is 0 Å². The van der Waals surface area contributed by atoms with E-state index >= 15 is 4.39 Å². The fraction of sp³-hybridized carbons (Fsp3) is 0.185. The molecule has 0 spiro atoms. The Morgan fingerprint density at radius 2 is 1.29 bits per heavy atom. The molecule has 31 heavy (non-hydrogen) atoms. The third kappa shape index (κ3) is 4.63. The van der Waals surface area contributed by atoms with Gasteiger partial charge in [-0.1, -0.05) is 73.7 Å². The third-order valence-corrected chi connectivity index (χ3v) is 5.68. The van der Waals surface area contributed by atoms with E-state index in [-0.39, 0.29) is 0 Å². The Balaban J connectivity index is 1.56. The van der Waals surface area contributed by atoms with Gasteiger partial charge in [-0.3, -0.25) is 0 Å². The van der Waals surface area contributed by atoms with Gasteiger partial charge >= 0.3 is 6.18 Å². The molecule has 0 saturated heterocycles. The van der Waals surface area contributed by atoms with Crippen LogP contribution >= 0.6 is 0 Å². The molecule has 0 atom stereocenters. The van der Waals surface area contributed by atoms with E-state index in [1.165, 1.54) is 23.3 Å². The Morgan fingerprint density at radius 3 is 1.94 bits per heavy atom. The number of hydrogen-bond donors (Lipinski definition) is 0. The highest BCUT2D eigenvalue weighted by atomic mass is 19.4. The van der Waals surface area contributed by atoms with Crippen LogP contribution in [0.15, 0.2) is 78.9 Å². The van der Waals surface area contributed by atoms with E-state index in [9.17, 15) is 13.2 Å². The summed E-state index contributed by atoms with van der Waals surface area (Å²) >= 11 is 0. The van der Waals surface area contributed by atoms with E-state index in [0.717, 1.165) is 42.3 Å². The molecule has 0 fully saturated rings. The molecule has 0 aliphatic carbocycles. The molecule has 0 nitrogen and oxygen atoms in total. The second-order valence-electron chi connectivity index (χ2n) is 7.73. The monoisotopic (exact) mass is 422 g/mol. The molecule has 4 rings (SSSR count). The number of aryl methyl sites for hydroxylation is 3. The van der Waals surface area contributed by atoms with Gasteiger partial charge in [0, 0.05) is 10.9 Å². The first-order chi connectivity index (χ1) is 14.8. The van der Waals surface area contributed by atoms with E-state index in [1.807, 2.05) is 18.2 Å². The van der Waals surface area contributed by atoms with Gasteiger partial charge in [0.2, 0.25) is 0 Å². The molecule has 0 aliphatic heterocycles. The smallest absolute Gasteiger partial charge is 0.206 e. The maximum Gasteiger partial charge on any atom is 0.416 e. The van der Waals surface area contributed by atoms with Crippen LogP contribution in [-0.2, 0) is 25.4 Å². The third-order valence-electron chi connectivity index (χ3n) is 5.68. The van der Waals surface area contributed by atoms with Crippen LogP contribution in [-0.4, -0.2) is 0 Å². The average Bonchev–Trinajstić information content (AvgIpc) is 2.78. The van der Waals surface area contributed by atoms with Crippen LogP contribution in [0.1, 0.15) is 29.2 Å². The molecule has 0 radical (unpaired) electrons. The largest absolute Gasteiger partial charge is 0.416 e. The Bertz CT molecular complexity index is 1190. The Hall–Kier alpha value is -3.14. The minimum absolute atomic E-state index is 0.296. The van der Waals surface area contributed by atoms with Crippen molar-refractivity contribution in [2.45, 2.75) is 32.4 Å². The van der Waals surface area contributed by atoms with Crippen molar-refractivity contribution in [1.29, 1.82) is 0 Å². The zero-order valence-corrected chi connectivity index (χ0v) is 17.1. The van der Waals surface area contributed by atoms with Crippen LogP contribution in [0, 0.1) is 5.82 Å². The van der Waals surface area contributed by atoms with E-state index < -0.39 is 17.6 Å². The first-order valence-electron chi connectivity index (χ1n) is 10.3. The van der Waals surface area contributed by atoms with Gasteiger partial charge in [0.05, 0.1) is 5.56 Å². The summed E-state index contributed by atoms with van der Waals surface area (Å²) in [6.07, 6.45) is -1.63. The molecule has 4 aromatic rings. The molecule has 0 amide bonds. The Morgan fingerprint density at radius 1 is 0.677 bits per heavy atom. The molecule has 0 bridgehead atoms. The minimum atomic E-state index is -4.41. The van der Waals surface area contributed by atoms with Crippen molar-refractivity contribution in [3.8, 4) is 11.1 Å². The van der Waals surface area contributed by atoms with Crippen molar-refractivity contribution in [2.24, 2.45) is 0 Å². The standard InChI is InChI=1S/C27H22F4/c1-2-18-3-5-19(6-4-18)7-8-20-9-15-25-22(17-20)12-16-24(26(25)28)21-10-13-23(14-11-21)27(29,30)31/h3-6,9-17H,2,7-8H2,1H3. The molecular formula is C27H22F4. The van der Waals surface area contributed by atoms with E-state index in [2.05, 4.69) is 31.2 Å². The molecule has 0 N–H and O–H groups in total.